The number of fused-ring (bicyclic) bond motifs is 6. The summed E-state index contributed by atoms with van der Waals surface area (Å²) in [6.45, 7) is 15.1. The fraction of sp³-hybridized carbons (Fsp3) is 0.449. The summed E-state index contributed by atoms with van der Waals surface area (Å²) in [5.74, 6) is -2.28. The second kappa shape index (κ2) is 40.6. The van der Waals surface area contributed by atoms with Gasteiger partial charge in [-0.2, -0.15) is 13.2 Å². The molecule has 534 valence electrons. The molecule has 6 aromatic rings. The number of methoxy groups -OCH3 is 1. The summed E-state index contributed by atoms with van der Waals surface area (Å²) >= 11 is 0. The van der Waals surface area contributed by atoms with E-state index >= 15 is 0 Å². The van der Waals surface area contributed by atoms with Crippen molar-refractivity contribution in [3.63, 3.8) is 0 Å². The number of alkyl halides is 3. The monoisotopic (exact) mass is 1370 g/mol. The van der Waals surface area contributed by atoms with Gasteiger partial charge in [-0.1, -0.05) is 173 Å². The quantitative estimate of drug-likeness (QED) is 0.0311. The summed E-state index contributed by atoms with van der Waals surface area (Å²) in [7, 11) is 1.64. The Bertz CT molecular complexity index is 3620. The first kappa shape index (κ1) is 81.2. The van der Waals surface area contributed by atoms with Crippen molar-refractivity contribution in [1.82, 2.24) is 21.7 Å². The van der Waals surface area contributed by atoms with E-state index in [4.69, 9.17) is 37.1 Å². The number of hydrogen-bond donors (Lipinski definition) is 8. The maximum Gasteiger partial charge on any atom is 0.411 e. The van der Waals surface area contributed by atoms with E-state index in [9.17, 15) is 47.0 Å². The lowest BCUT2D eigenvalue weighted by molar-refractivity contribution is -0.159. The second-order valence-electron chi connectivity index (χ2n) is 25.5. The zero-order valence-electron chi connectivity index (χ0n) is 57.7. The summed E-state index contributed by atoms with van der Waals surface area (Å²) in [6.07, 6.45) is 6.33. The number of aldehydes is 1. The number of carboxylic acids is 1. The van der Waals surface area contributed by atoms with Gasteiger partial charge in [-0.15, -0.1) is 0 Å². The number of aliphatic hydroxyl groups is 3. The molecule has 11 rings (SSSR count). The molecule has 0 saturated carbocycles. The number of carbonyl (C=O) groups is 6. The van der Waals surface area contributed by atoms with Gasteiger partial charge in [0.15, 0.2) is 6.23 Å². The highest BCUT2D eigenvalue weighted by Crippen LogP contribution is 2.45. The van der Waals surface area contributed by atoms with Crippen LogP contribution < -0.4 is 22.5 Å². The van der Waals surface area contributed by atoms with Crippen LogP contribution in [0.2, 0.25) is 0 Å². The number of ether oxygens (including phenoxy) is 2. The van der Waals surface area contributed by atoms with E-state index < -0.39 is 48.9 Å². The maximum absolute atomic E-state index is 13.6. The predicted molar refractivity (Wildman–Crippen MR) is 374 cm³/mol. The number of hydrogen-bond acceptors (Lipinski definition) is 13. The van der Waals surface area contributed by atoms with Crippen LogP contribution in [0.1, 0.15) is 219 Å². The molecular weight excluding hydrogens is 1270 g/mol. The topological polar surface area (TPSA) is 294 Å². The van der Waals surface area contributed by atoms with Crippen LogP contribution in [0.25, 0.3) is 4.85 Å². The molecule has 1 saturated heterocycles. The SMILES string of the molecule is CC(C)c1ccccc1C=O.COC(C)c1ccccc1C(CC(=O)[C@@H](C)CCO)C(=O)N[C@@H]1CCCc2ccccc21.C[C@@H](CCO)C(=O)O.N.N[C@H]1CCO[C@H]2c3ccccc3C(C(=O)N[C@@H]3CCCc4ccccc43)N2C1=O.OCC(F)(F)F.[C-]#[N+][C@@H]1CCCc2ccccc21. The number of aryl methyl sites for hydroxylation is 3. The molecule has 18 nitrogen and oxygen atoms in total. The molecule has 3 aliphatic carbocycles. The van der Waals surface area contributed by atoms with Crippen LogP contribution in [0.5, 0.6) is 0 Å². The van der Waals surface area contributed by atoms with Crippen molar-refractivity contribution in [3.05, 3.63) is 224 Å². The molecule has 11 N–H and O–H groups in total. The smallest absolute Gasteiger partial charge is 0.411 e. The van der Waals surface area contributed by atoms with Crippen molar-refractivity contribution in [2.24, 2.45) is 17.6 Å². The Morgan fingerprint density at radius 1 is 0.667 bits per heavy atom. The number of benzene rings is 6. The van der Waals surface area contributed by atoms with Gasteiger partial charge < -0.3 is 57.3 Å². The highest BCUT2D eigenvalue weighted by molar-refractivity contribution is 5.93. The van der Waals surface area contributed by atoms with Crippen LogP contribution in [0.15, 0.2) is 146 Å². The lowest BCUT2D eigenvalue weighted by Crippen LogP contribution is -2.47. The number of aliphatic hydroxyl groups excluding tert-OH is 3. The first-order chi connectivity index (χ1) is 47.0. The molecule has 0 bridgehead atoms. The van der Waals surface area contributed by atoms with Crippen molar-refractivity contribution in [2.75, 3.05) is 33.5 Å². The van der Waals surface area contributed by atoms with Crippen molar-refractivity contribution in [2.45, 2.75) is 179 Å². The number of rotatable bonds is 17. The largest absolute Gasteiger partial charge is 0.481 e. The number of nitrogens with zero attached hydrogens (tertiary/aromatic N) is 2. The highest BCUT2D eigenvalue weighted by Gasteiger charge is 2.48. The van der Waals surface area contributed by atoms with Crippen LogP contribution in [0, 0.1) is 18.4 Å². The predicted octanol–water partition coefficient (Wildman–Crippen LogP) is 13.6. The van der Waals surface area contributed by atoms with Crippen LogP contribution in [-0.4, -0.2) is 107 Å². The lowest BCUT2D eigenvalue weighted by atomic mass is 9.83. The number of carbonyl (C=O) groups excluding carboxylic acids is 5. The molecular formula is C78H99F3N6O12. The summed E-state index contributed by atoms with van der Waals surface area (Å²) in [5, 5.41) is 39.4. The Kier molecular flexibility index (Phi) is 33.3. The third-order valence-electron chi connectivity index (χ3n) is 18.4. The molecule has 99 heavy (non-hydrogen) atoms. The molecule has 3 amide bonds. The van der Waals surface area contributed by atoms with Gasteiger partial charge in [-0.05, 0) is 134 Å². The summed E-state index contributed by atoms with van der Waals surface area (Å²) in [5.41, 5.74) is 19.0. The lowest BCUT2D eigenvalue weighted by Gasteiger charge is -2.32. The Morgan fingerprint density at radius 2 is 1.13 bits per heavy atom. The Labute approximate surface area is 580 Å². The average molecular weight is 1370 g/mol. The molecule has 2 heterocycles. The molecule has 0 radical (unpaired) electrons. The second-order valence-corrected chi connectivity index (χ2v) is 25.5. The van der Waals surface area contributed by atoms with Gasteiger partial charge in [0.05, 0.1) is 42.7 Å². The van der Waals surface area contributed by atoms with Crippen LogP contribution in [0.3, 0.4) is 0 Å². The van der Waals surface area contributed by atoms with Crippen molar-refractivity contribution >= 4 is 35.8 Å². The third-order valence-corrected chi connectivity index (χ3v) is 18.4. The van der Waals surface area contributed by atoms with Crippen LogP contribution in [0.4, 0.5) is 13.2 Å². The molecule has 5 aliphatic rings. The van der Waals surface area contributed by atoms with Gasteiger partial charge in [0.2, 0.25) is 23.8 Å². The molecule has 21 heteroatoms. The normalized spacial score (nSPS) is 19.6. The fourth-order valence-corrected chi connectivity index (χ4v) is 12.8. The molecule has 0 aromatic heterocycles. The Hall–Kier alpha value is -8.46. The zero-order chi connectivity index (χ0) is 71.5. The summed E-state index contributed by atoms with van der Waals surface area (Å²) in [4.78, 5) is 78.8. The van der Waals surface area contributed by atoms with E-state index in [1.54, 1.807) is 18.9 Å². The number of Topliss-reactive ketones (excluding diaryl/α,β-unsaturated/α-hetero) is 1. The number of nitrogens with two attached hydrogens (primary N) is 1. The first-order valence-electron chi connectivity index (χ1n) is 33.8. The van der Waals surface area contributed by atoms with Gasteiger partial charge >= 0.3 is 12.1 Å². The number of carboxylic acid groups (broad SMARTS) is 1. The number of amides is 3. The molecule has 1 fully saturated rings. The standard InChI is InChI=1S/C27H35NO4.C23H25N3O3.C11H11N.C10H12O.C5H10O3.C2H3F3O.H3N/c1-18(15-16-29)26(30)17-24(23-13-7-6-11-21(23)19(2)32-3)27(31)28-25-14-8-10-20-9-4-5-12-22(20)25;24-18-12-13-29-23-17-10-4-3-9-16(17)20(26(23)22(18)28)21(27)25-19-11-5-7-14-6-1-2-8-15(14)19;1-12-11-8-4-6-9-5-2-3-7-10(9)11;1-8(2)10-6-4-3-5-9(10)7-11;1-4(2-3-6)5(7)8;3-2(4,5)1-6;/h4-7,9,11-13,18-19,24-25,29H,8,10,14-17H2,1-3H3,(H,28,31);1-4,6,8-10,18-20,23H,5,7,11-13,24H2,(H,25,27);2-3,5,7,11H,4,6,8H2;3-8H,1-2H3;4,6H,2-3H2,1H3,(H,7,8);6H,1H2;1H3/t18-,19?,24?,25+;18-,19+,20?,23-;11-;;4-;;/m001.0../s1. The number of nitrogens with one attached hydrogen (secondary N) is 2. The minimum atomic E-state index is -4.40. The number of halogens is 3. The Morgan fingerprint density at radius 3 is 1.63 bits per heavy atom. The Balaban J connectivity index is 0.000000238. The van der Waals surface area contributed by atoms with Crippen LogP contribution >= 0.6 is 0 Å². The van der Waals surface area contributed by atoms with E-state index in [0.717, 1.165) is 91.0 Å². The molecule has 6 aromatic carbocycles. The van der Waals surface area contributed by atoms with E-state index in [1.807, 2.05) is 117 Å². The van der Waals surface area contributed by atoms with Gasteiger partial charge in [0.1, 0.15) is 24.7 Å². The van der Waals surface area contributed by atoms with E-state index in [-0.39, 0.29) is 79.4 Å². The summed E-state index contributed by atoms with van der Waals surface area (Å²) < 4.78 is 43.1. The average Bonchev–Trinajstić information content (AvgIpc) is 1.60. The van der Waals surface area contributed by atoms with Gasteiger partial charge in [0.25, 0.3) is 0 Å². The first-order valence-corrected chi connectivity index (χ1v) is 33.8. The van der Waals surface area contributed by atoms with Gasteiger partial charge in [-0.25, -0.2) is 6.57 Å². The molecule has 0 spiro atoms. The van der Waals surface area contributed by atoms with E-state index in [0.29, 0.717) is 31.8 Å². The van der Waals surface area contributed by atoms with Crippen LogP contribution in [-0.2, 0) is 52.7 Å². The zero-order valence-corrected chi connectivity index (χ0v) is 57.7. The fourth-order valence-electron chi connectivity index (χ4n) is 12.8. The minimum Gasteiger partial charge on any atom is -0.481 e. The van der Waals surface area contributed by atoms with E-state index in [1.165, 1.54) is 39.8 Å². The number of ketones is 1. The molecule has 2 aliphatic heterocycles. The highest BCUT2D eigenvalue weighted by atomic mass is 19.4. The molecule has 10 atom stereocenters. The minimum absolute atomic E-state index is 0. The molecule has 3 unspecified atom stereocenters. The van der Waals surface area contributed by atoms with Crippen molar-refractivity contribution in [1.29, 1.82) is 0 Å². The van der Waals surface area contributed by atoms with Crippen molar-refractivity contribution in [3.8, 4) is 0 Å². The van der Waals surface area contributed by atoms with Crippen molar-refractivity contribution < 1.29 is 71.8 Å². The summed E-state index contributed by atoms with van der Waals surface area (Å²) in [6, 6.07) is 46.6. The van der Waals surface area contributed by atoms with E-state index in [2.05, 4.69) is 71.8 Å². The third kappa shape index (κ3) is 23.0. The van der Waals surface area contributed by atoms with Gasteiger partial charge in [0, 0.05) is 55.8 Å². The number of aliphatic carboxylic acids is 1. The van der Waals surface area contributed by atoms with Gasteiger partial charge in [-0.3, -0.25) is 33.7 Å². The maximum atomic E-state index is 13.6.